The lowest BCUT2D eigenvalue weighted by atomic mass is 10.2. The Hall–Kier alpha value is 1.30. The zero-order valence-electron chi connectivity index (χ0n) is 10.2. The molecule has 1 rings (SSSR count). The summed E-state index contributed by atoms with van der Waals surface area (Å²) < 4.78 is 0. The summed E-state index contributed by atoms with van der Waals surface area (Å²) in [5, 5.41) is 0. The predicted octanol–water partition coefficient (Wildman–Crippen LogP) is 6.07. The lowest BCUT2D eigenvalue weighted by Crippen LogP contribution is -2.37. The van der Waals surface area contributed by atoms with E-state index in [4.69, 9.17) is 33.2 Å². The maximum atomic E-state index is 6.76. The molecule has 0 N–H and O–H groups in total. The number of unbranched alkanes of at least 4 members (excludes halogenated alkanes) is 4. The minimum atomic E-state index is -1.84. The van der Waals surface area contributed by atoms with Gasteiger partial charge in [-0.1, -0.05) is 39.0 Å². The van der Waals surface area contributed by atoms with Gasteiger partial charge >= 0.3 is 0 Å². The fourth-order valence-electron chi connectivity index (χ4n) is 2.36. The topological polar surface area (TPSA) is 0 Å². The van der Waals surface area contributed by atoms with Crippen LogP contribution in [0.5, 0.6) is 0 Å². The maximum Gasteiger partial charge on any atom is 0.250 e. The molecule has 0 aromatic heterocycles. The standard InChI is InChI=1S/C11H23Cl3Si2/c1-2-3-4-5-6-7-15(12)8-10-16(13,14)11-9-15/h2-11H2,1H3. The number of rotatable bonds is 6. The van der Waals surface area contributed by atoms with Gasteiger partial charge in [0.15, 0.2) is 7.38 Å². The first-order chi connectivity index (χ1) is 7.47. The molecule has 1 saturated heterocycles. The van der Waals surface area contributed by atoms with Gasteiger partial charge < -0.3 is 0 Å². The summed E-state index contributed by atoms with van der Waals surface area (Å²) in [7, 11) is -1.45. The maximum absolute atomic E-state index is 6.76. The number of hydrogen-bond donors (Lipinski definition) is 0. The largest absolute Gasteiger partial charge is 0.250 e. The third-order valence-electron chi connectivity index (χ3n) is 3.61. The number of hydrogen-bond acceptors (Lipinski definition) is 0. The molecule has 0 aromatic carbocycles. The second-order valence-electron chi connectivity index (χ2n) is 5.17. The Balaban J connectivity index is 2.16. The van der Waals surface area contributed by atoms with E-state index in [2.05, 4.69) is 6.92 Å². The Morgan fingerprint density at radius 2 is 1.38 bits per heavy atom. The van der Waals surface area contributed by atoms with Crippen LogP contribution in [-0.2, 0) is 0 Å². The highest BCUT2D eigenvalue weighted by molar-refractivity contribution is 7.46. The van der Waals surface area contributed by atoms with Crippen LogP contribution in [-0.4, -0.2) is 14.1 Å². The third-order valence-corrected chi connectivity index (χ3v) is 14.1. The zero-order valence-corrected chi connectivity index (χ0v) is 14.5. The van der Waals surface area contributed by atoms with Crippen LogP contribution in [0.3, 0.4) is 0 Å². The molecule has 16 heavy (non-hydrogen) atoms. The van der Waals surface area contributed by atoms with Crippen LogP contribution in [0, 0.1) is 0 Å². The van der Waals surface area contributed by atoms with E-state index >= 15 is 0 Å². The Morgan fingerprint density at radius 1 is 0.812 bits per heavy atom. The fraction of sp³-hybridized carbons (Fsp3) is 1.00. The summed E-state index contributed by atoms with van der Waals surface area (Å²) in [5.74, 6) is 0. The first-order valence-corrected chi connectivity index (χ1v) is 14.6. The van der Waals surface area contributed by atoms with Gasteiger partial charge in [-0.15, -0.1) is 22.2 Å². The highest BCUT2D eigenvalue weighted by atomic mass is 35.7. The fourth-order valence-corrected chi connectivity index (χ4v) is 16.3. The Labute approximate surface area is 116 Å². The SMILES string of the molecule is CCCCCCC[Si]1(Cl)CC[Si](Cl)(Cl)CC1. The van der Waals surface area contributed by atoms with E-state index in [1.54, 1.807) is 0 Å². The highest BCUT2D eigenvalue weighted by Gasteiger charge is 2.42. The Kier molecular flexibility index (Phi) is 6.75. The molecule has 1 heterocycles. The van der Waals surface area contributed by atoms with Gasteiger partial charge in [-0.2, -0.15) is 11.1 Å². The van der Waals surface area contributed by atoms with Crippen molar-refractivity contribution in [3.63, 3.8) is 0 Å². The molecule has 0 amide bonds. The minimum absolute atomic E-state index is 1.04. The first kappa shape index (κ1) is 15.4. The highest BCUT2D eigenvalue weighted by Crippen LogP contribution is 2.44. The van der Waals surface area contributed by atoms with E-state index in [0.717, 1.165) is 12.1 Å². The van der Waals surface area contributed by atoms with Gasteiger partial charge in [0.2, 0.25) is 0 Å². The molecule has 1 aliphatic heterocycles. The van der Waals surface area contributed by atoms with Crippen LogP contribution in [0.25, 0.3) is 0 Å². The monoisotopic (exact) mass is 316 g/mol. The van der Waals surface area contributed by atoms with Crippen molar-refractivity contribution >= 4 is 47.3 Å². The summed E-state index contributed by atoms with van der Waals surface area (Å²) in [4.78, 5) is 0. The predicted molar refractivity (Wildman–Crippen MR) is 81.9 cm³/mol. The van der Waals surface area contributed by atoms with Crippen LogP contribution in [0.1, 0.15) is 39.0 Å². The minimum Gasteiger partial charge on any atom is -0.167 e. The molecule has 0 unspecified atom stereocenters. The van der Waals surface area contributed by atoms with Crippen LogP contribution in [0.2, 0.25) is 30.2 Å². The second-order valence-corrected chi connectivity index (χ2v) is 19.0. The van der Waals surface area contributed by atoms with Gasteiger partial charge in [-0.25, -0.2) is 0 Å². The average molecular weight is 318 g/mol. The van der Waals surface area contributed by atoms with Crippen LogP contribution >= 0.6 is 33.2 Å². The Morgan fingerprint density at radius 3 is 1.94 bits per heavy atom. The molecule has 0 bridgehead atoms. The van der Waals surface area contributed by atoms with Crippen LogP contribution < -0.4 is 0 Å². The van der Waals surface area contributed by atoms with Crippen LogP contribution in [0.4, 0.5) is 0 Å². The molecule has 5 heteroatoms. The molecule has 0 saturated carbocycles. The van der Waals surface area contributed by atoms with Gasteiger partial charge in [0.25, 0.3) is 6.69 Å². The lowest BCUT2D eigenvalue weighted by Gasteiger charge is -2.33. The summed E-state index contributed by atoms with van der Waals surface area (Å²) in [6.45, 7) is 0.409. The van der Waals surface area contributed by atoms with E-state index in [1.807, 2.05) is 0 Å². The van der Waals surface area contributed by atoms with Crippen molar-refractivity contribution in [1.29, 1.82) is 0 Å². The summed E-state index contributed by atoms with van der Waals surface area (Å²) in [6.07, 6.45) is 6.75. The van der Waals surface area contributed by atoms with Gasteiger partial charge in [0.05, 0.1) is 0 Å². The van der Waals surface area contributed by atoms with E-state index in [0.29, 0.717) is 0 Å². The smallest absolute Gasteiger partial charge is 0.167 e. The molecule has 0 atom stereocenters. The van der Waals surface area contributed by atoms with Crippen molar-refractivity contribution in [3.8, 4) is 0 Å². The molecular formula is C11H23Cl3Si2. The van der Waals surface area contributed by atoms with E-state index in [9.17, 15) is 0 Å². The van der Waals surface area contributed by atoms with E-state index in [1.165, 1.54) is 50.2 Å². The second kappa shape index (κ2) is 7.03. The normalized spacial score (nSPS) is 23.2. The van der Waals surface area contributed by atoms with Crippen molar-refractivity contribution in [2.75, 3.05) is 0 Å². The van der Waals surface area contributed by atoms with Crippen LogP contribution in [0.15, 0.2) is 0 Å². The van der Waals surface area contributed by atoms with Gasteiger partial charge in [0.1, 0.15) is 0 Å². The van der Waals surface area contributed by atoms with Gasteiger partial charge in [-0.3, -0.25) is 0 Å². The summed E-state index contributed by atoms with van der Waals surface area (Å²) in [6, 6.07) is 5.71. The molecule has 1 aliphatic rings. The molecule has 0 nitrogen and oxygen atoms in total. The van der Waals surface area contributed by atoms with Gasteiger partial charge in [-0.05, 0) is 30.2 Å². The molecule has 0 aliphatic carbocycles. The van der Waals surface area contributed by atoms with Crippen molar-refractivity contribution < 1.29 is 0 Å². The van der Waals surface area contributed by atoms with Crippen molar-refractivity contribution in [3.05, 3.63) is 0 Å². The third kappa shape index (κ3) is 5.77. The molecule has 0 aromatic rings. The summed E-state index contributed by atoms with van der Waals surface area (Å²) >= 11 is 19.3. The molecular weight excluding hydrogens is 295 g/mol. The van der Waals surface area contributed by atoms with Crippen molar-refractivity contribution in [2.45, 2.75) is 69.2 Å². The quantitative estimate of drug-likeness (QED) is 0.316. The Bertz CT molecular complexity index is 199. The van der Waals surface area contributed by atoms with E-state index in [-0.39, 0.29) is 0 Å². The first-order valence-electron chi connectivity index (χ1n) is 6.54. The number of halogens is 3. The molecule has 96 valence electrons. The lowest BCUT2D eigenvalue weighted by molar-refractivity contribution is 0.652. The molecule has 1 fully saturated rings. The zero-order chi connectivity index (χ0) is 12.1. The van der Waals surface area contributed by atoms with Crippen molar-refractivity contribution in [1.82, 2.24) is 0 Å². The van der Waals surface area contributed by atoms with Crippen molar-refractivity contribution in [2.24, 2.45) is 0 Å². The average Bonchev–Trinajstić information content (AvgIpc) is 2.23. The van der Waals surface area contributed by atoms with Gasteiger partial charge in [0, 0.05) is 0 Å². The molecule has 0 spiro atoms. The molecule has 0 radical (unpaired) electrons. The van der Waals surface area contributed by atoms with E-state index < -0.39 is 14.1 Å². The summed E-state index contributed by atoms with van der Waals surface area (Å²) in [5.41, 5.74) is 0.